The minimum absolute atomic E-state index is 0.110. The lowest BCUT2D eigenvalue weighted by Crippen LogP contribution is -2.34. The first kappa shape index (κ1) is 15.6. The Hall–Kier alpha value is -0.470. The summed E-state index contributed by atoms with van der Waals surface area (Å²) in [5.41, 5.74) is 3.75. The average molecular weight is 321 g/mol. The Morgan fingerprint density at radius 2 is 2.22 bits per heavy atom. The highest BCUT2D eigenvalue weighted by Crippen LogP contribution is 2.25. The number of rotatable bonds is 8. The molecule has 0 aliphatic heterocycles. The largest absolute Gasteiger partial charge is 0.382 e. The zero-order valence-electron chi connectivity index (χ0n) is 11.0. The quantitative estimate of drug-likeness (QED) is 0.430. The van der Waals surface area contributed by atoms with Crippen molar-refractivity contribution in [1.29, 1.82) is 0 Å². The number of hydrogen-bond donors (Lipinski definition) is 2. The second-order valence-electron chi connectivity index (χ2n) is 4.20. The molecule has 7 heteroatoms. The van der Waals surface area contributed by atoms with Crippen LogP contribution in [0, 0.1) is 0 Å². The highest BCUT2D eigenvalue weighted by Gasteiger charge is 2.20. The van der Waals surface area contributed by atoms with E-state index < -0.39 is 0 Å². The lowest BCUT2D eigenvalue weighted by atomic mass is 10.2. The van der Waals surface area contributed by atoms with E-state index in [-0.39, 0.29) is 12.1 Å². The third-order valence-electron chi connectivity index (χ3n) is 2.52. The van der Waals surface area contributed by atoms with Crippen molar-refractivity contribution < 1.29 is 9.47 Å². The molecule has 1 heterocycles. The SMILES string of the molecule is COCCOCC(NN)c1c(Br)cnn1C(C)C. The molecule has 104 valence electrons. The van der Waals surface area contributed by atoms with Crippen LogP contribution in [0.2, 0.25) is 0 Å². The van der Waals surface area contributed by atoms with Gasteiger partial charge in [-0.05, 0) is 29.8 Å². The van der Waals surface area contributed by atoms with Crippen molar-refractivity contribution in [3.05, 3.63) is 16.4 Å². The zero-order chi connectivity index (χ0) is 13.5. The smallest absolute Gasteiger partial charge is 0.0873 e. The normalized spacial score (nSPS) is 13.2. The van der Waals surface area contributed by atoms with E-state index in [4.69, 9.17) is 15.3 Å². The van der Waals surface area contributed by atoms with Gasteiger partial charge in [0.15, 0.2) is 0 Å². The average Bonchev–Trinajstić information content (AvgIpc) is 2.72. The number of hydrogen-bond acceptors (Lipinski definition) is 5. The second kappa shape index (κ2) is 7.85. The highest BCUT2D eigenvalue weighted by molar-refractivity contribution is 9.10. The van der Waals surface area contributed by atoms with Crippen LogP contribution >= 0.6 is 15.9 Å². The lowest BCUT2D eigenvalue weighted by Gasteiger charge is -2.20. The number of ether oxygens (including phenoxy) is 2. The van der Waals surface area contributed by atoms with Gasteiger partial charge in [0, 0.05) is 13.2 Å². The molecule has 1 aromatic rings. The molecule has 0 bridgehead atoms. The zero-order valence-corrected chi connectivity index (χ0v) is 12.6. The van der Waals surface area contributed by atoms with Gasteiger partial charge >= 0.3 is 0 Å². The molecule has 0 saturated heterocycles. The van der Waals surface area contributed by atoms with Gasteiger partial charge in [0.25, 0.3) is 0 Å². The van der Waals surface area contributed by atoms with Crippen molar-refractivity contribution in [3.8, 4) is 0 Å². The van der Waals surface area contributed by atoms with Gasteiger partial charge < -0.3 is 9.47 Å². The maximum Gasteiger partial charge on any atom is 0.0873 e. The Kier molecular flexibility index (Phi) is 6.80. The molecule has 0 spiro atoms. The number of methoxy groups -OCH3 is 1. The monoisotopic (exact) mass is 320 g/mol. The predicted molar refractivity (Wildman–Crippen MR) is 73.1 cm³/mol. The van der Waals surface area contributed by atoms with Gasteiger partial charge in [0.1, 0.15) is 0 Å². The van der Waals surface area contributed by atoms with Gasteiger partial charge in [-0.3, -0.25) is 10.5 Å². The summed E-state index contributed by atoms with van der Waals surface area (Å²) in [6, 6.07) is 0.155. The van der Waals surface area contributed by atoms with Crippen molar-refractivity contribution in [2.24, 2.45) is 5.84 Å². The summed E-state index contributed by atoms with van der Waals surface area (Å²) in [5.74, 6) is 5.59. The fourth-order valence-electron chi connectivity index (χ4n) is 1.64. The van der Waals surface area contributed by atoms with Crippen LogP contribution in [-0.2, 0) is 9.47 Å². The van der Waals surface area contributed by atoms with Crippen molar-refractivity contribution in [3.63, 3.8) is 0 Å². The Morgan fingerprint density at radius 3 is 2.78 bits per heavy atom. The third-order valence-corrected chi connectivity index (χ3v) is 3.13. The molecular weight excluding hydrogens is 300 g/mol. The molecule has 0 fully saturated rings. The molecule has 0 amide bonds. The van der Waals surface area contributed by atoms with Crippen LogP contribution in [0.1, 0.15) is 31.6 Å². The number of hydrazine groups is 1. The summed E-state index contributed by atoms with van der Waals surface area (Å²) in [7, 11) is 1.65. The second-order valence-corrected chi connectivity index (χ2v) is 5.06. The van der Waals surface area contributed by atoms with Crippen LogP contribution in [0.3, 0.4) is 0 Å². The highest BCUT2D eigenvalue weighted by atomic mass is 79.9. The van der Waals surface area contributed by atoms with Crippen LogP contribution in [0.4, 0.5) is 0 Å². The molecule has 1 unspecified atom stereocenters. The predicted octanol–water partition coefficient (Wildman–Crippen LogP) is 1.39. The summed E-state index contributed by atoms with van der Waals surface area (Å²) in [4.78, 5) is 0. The summed E-state index contributed by atoms with van der Waals surface area (Å²) >= 11 is 3.49. The van der Waals surface area contributed by atoms with Gasteiger partial charge in [-0.15, -0.1) is 0 Å². The maximum absolute atomic E-state index is 5.59. The van der Waals surface area contributed by atoms with Gasteiger partial charge in [-0.25, -0.2) is 5.43 Å². The molecule has 0 saturated carbocycles. The molecule has 0 aliphatic carbocycles. The lowest BCUT2D eigenvalue weighted by molar-refractivity contribution is 0.0571. The Labute approximate surface area is 116 Å². The van der Waals surface area contributed by atoms with E-state index in [2.05, 4.69) is 40.3 Å². The van der Waals surface area contributed by atoms with Crippen molar-refractivity contribution in [2.75, 3.05) is 26.9 Å². The molecule has 3 N–H and O–H groups in total. The number of aromatic nitrogens is 2. The molecule has 1 atom stereocenters. The Bertz CT molecular complexity index is 357. The van der Waals surface area contributed by atoms with Crippen LogP contribution in [0.5, 0.6) is 0 Å². The van der Waals surface area contributed by atoms with Crippen LogP contribution < -0.4 is 11.3 Å². The molecular formula is C11H21BrN4O2. The number of halogens is 1. The summed E-state index contributed by atoms with van der Waals surface area (Å²) in [5, 5.41) is 4.32. The number of nitrogens with one attached hydrogen (secondary N) is 1. The summed E-state index contributed by atoms with van der Waals surface area (Å²) < 4.78 is 13.3. The number of nitrogens with zero attached hydrogens (tertiary/aromatic N) is 2. The van der Waals surface area contributed by atoms with E-state index in [1.807, 2.05) is 4.68 Å². The molecule has 6 nitrogen and oxygen atoms in total. The van der Waals surface area contributed by atoms with Gasteiger partial charge in [-0.2, -0.15) is 5.10 Å². The first-order chi connectivity index (χ1) is 8.61. The minimum atomic E-state index is -0.110. The van der Waals surface area contributed by atoms with Gasteiger partial charge in [0.05, 0.1) is 42.2 Å². The molecule has 0 aromatic carbocycles. The molecule has 18 heavy (non-hydrogen) atoms. The fraction of sp³-hybridized carbons (Fsp3) is 0.727. The fourth-order valence-corrected chi connectivity index (χ4v) is 2.19. The van der Waals surface area contributed by atoms with Gasteiger partial charge in [-0.1, -0.05) is 0 Å². The topological polar surface area (TPSA) is 74.3 Å². The first-order valence-electron chi connectivity index (χ1n) is 5.87. The first-order valence-corrected chi connectivity index (χ1v) is 6.66. The van der Waals surface area contributed by atoms with E-state index >= 15 is 0 Å². The molecule has 1 aromatic heterocycles. The van der Waals surface area contributed by atoms with Crippen molar-refractivity contribution >= 4 is 15.9 Å². The molecule has 0 aliphatic rings. The Balaban J connectivity index is 2.72. The Morgan fingerprint density at radius 1 is 1.50 bits per heavy atom. The molecule has 0 radical (unpaired) electrons. The van der Waals surface area contributed by atoms with Crippen molar-refractivity contribution in [1.82, 2.24) is 15.2 Å². The maximum atomic E-state index is 5.59. The molecule has 1 rings (SSSR count). The van der Waals surface area contributed by atoms with E-state index in [0.29, 0.717) is 19.8 Å². The third kappa shape index (κ3) is 4.03. The van der Waals surface area contributed by atoms with E-state index in [1.54, 1.807) is 13.3 Å². The van der Waals surface area contributed by atoms with Crippen LogP contribution in [-0.4, -0.2) is 36.7 Å². The van der Waals surface area contributed by atoms with E-state index in [0.717, 1.165) is 10.2 Å². The van der Waals surface area contributed by atoms with E-state index in [1.165, 1.54) is 0 Å². The van der Waals surface area contributed by atoms with Gasteiger partial charge in [0.2, 0.25) is 0 Å². The standard InChI is InChI=1S/C11H21BrN4O2/c1-8(2)16-11(9(12)6-14-16)10(15-13)7-18-5-4-17-3/h6,8,10,15H,4-5,7,13H2,1-3H3. The van der Waals surface area contributed by atoms with E-state index in [9.17, 15) is 0 Å². The number of nitrogens with two attached hydrogens (primary N) is 1. The van der Waals surface area contributed by atoms with Crippen molar-refractivity contribution in [2.45, 2.75) is 25.9 Å². The summed E-state index contributed by atoms with van der Waals surface area (Å²) in [6.45, 7) is 5.73. The van der Waals surface area contributed by atoms with Crippen LogP contribution in [0.15, 0.2) is 10.7 Å². The van der Waals surface area contributed by atoms with Crippen LogP contribution in [0.25, 0.3) is 0 Å². The summed E-state index contributed by atoms with van der Waals surface area (Å²) in [6.07, 6.45) is 1.77. The minimum Gasteiger partial charge on any atom is -0.382 e.